The molecule has 1 heterocycles. The fourth-order valence-electron chi connectivity index (χ4n) is 3.13. The summed E-state index contributed by atoms with van der Waals surface area (Å²) in [7, 11) is 4.58. The molecule has 0 saturated carbocycles. The molecule has 0 bridgehead atoms. The Hall–Kier alpha value is -2.28. The van der Waals surface area contributed by atoms with Crippen molar-refractivity contribution in [1.29, 1.82) is 0 Å². The van der Waals surface area contributed by atoms with Crippen LogP contribution >= 0.6 is 15.9 Å². The van der Waals surface area contributed by atoms with Crippen molar-refractivity contribution in [2.24, 2.45) is 0 Å². The Balaban J connectivity index is 2.25. The van der Waals surface area contributed by atoms with E-state index in [4.69, 9.17) is 14.2 Å². The van der Waals surface area contributed by atoms with Gasteiger partial charge in [-0.25, -0.2) is 4.39 Å². The second-order valence-electron chi connectivity index (χ2n) is 5.58. The normalized spacial score (nSPS) is 16.0. The van der Waals surface area contributed by atoms with Crippen LogP contribution in [0, 0.1) is 5.82 Å². The van der Waals surface area contributed by atoms with E-state index < -0.39 is 0 Å². The number of carbonyl (C=O) groups excluding carboxylic acids is 1. The smallest absolute Gasteiger partial charge is 0.225 e. The van der Waals surface area contributed by atoms with Gasteiger partial charge < -0.3 is 19.5 Å². The molecule has 0 aromatic heterocycles. The molecule has 2 aromatic carbocycles. The molecular weight excluding hydrogens is 393 g/mol. The largest absolute Gasteiger partial charge is 0.493 e. The minimum atomic E-state index is -0.358. The molecule has 3 rings (SSSR count). The van der Waals surface area contributed by atoms with Gasteiger partial charge in [-0.3, -0.25) is 4.79 Å². The van der Waals surface area contributed by atoms with Crippen LogP contribution in [0.4, 0.5) is 10.1 Å². The topological polar surface area (TPSA) is 56.8 Å². The molecule has 132 valence electrons. The predicted octanol–water partition coefficient (Wildman–Crippen LogP) is 4.09. The summed E-state index contributed by atoms with van der Waals surface area (Å²) < 4.78 is 30.3. The molecule has 0 spiro atoms. The van der Waals surface area contributed by atoms with Gasteiger partial charge in [0.25, 0.3) is 0 Å². The van der Waals surface area contributed by atoms with E-state index in [-0.39, 0.29) is 24.1 Å². The Bertz CT molecular complexity index is 840. The number of rotatable bonds is 4. The van der Waals surface area contributed by atoms with Gasteiger partial charge in [-0.15, -0.1) is 0 Å². The van der Waals surface area contributed by atoms with E-state index in [1.165, 1.54) is 27.4 Å². The summed E-state index contributed by atoms with van der Waals surface area (Å²) in [5.74, 6) is 0.610. The zero-order chi connectivity index (χ0) is 18.1. The third-order valence-corrected chi connectivity index (χ3v) is 4.83. The lowest BCUT2D eigenvalue weighted by Crippen LogP contribution is -2.24. The molecule has 1 atom stereocenters. The lowest BCUT2D eigenvalue weighted by Gasteiger charge is -2.29. The maximum Gasteiger partial charge on any atom is 0.225 e. The quantitative estimate of drug-likeness (QED) is 0.825. The highest BCUT2D eigenvalue weighted by molar-refractivity contribution is 9.10. The van der Waals surface area contributed by atoms with Crippen LogP contribution in [-0.4, -0.2) is 27.2 Å². The number of methoxy groups -OCH3 is 3. The van der Waals surface area contributed by atoms with Gasteiger partial charge in [0.15, 0.2) is 11.5 Å². The van der Waals surface area contributed by atoms with Crippen molar-refractivity contribution in [2.45, 2.75) is 12.3 Å². The molecule has 25 heavy (non-hydrogen) atoms. The molecule has 5 nitrogen and oxygen atoms in total. The second kappa shape index (κ2) is 6.92. The van der Waals surface area contributed by atoms with Gasteiger partial charge in [0.1, 0.15) is 5.82 Å². The Labute approximate surface area is 153 Å². The van der Waals surface area contributed by atoms with E-state index >= 15 is 0 Å². The molecular formula is C18H17BrFNO4. The van der Waals surface area contributed by atoms with Gasteiger partial charge >= 0.3 is 0 Å². The summed E-state index contributed by atoms with van der Waals surface area (Å²) in [5, 5.41) is 2.85. The molecule has 7 heteroatoms. The molecule has 0 saturated heterocycles. The summed E-state index contributed by atoms with van der Waals surface area (Å²) in [5.41, 5.74) is 2.17. The maximum atomic E-state index is 13.6. The number of ether oxygens (including phenoxy) is 3. The first-order valence-corrected chi connectivity index (χ1v) is 8.37. The first kappa shape index (κ1) is 17.5. The lowest BCUT2D eigenvalue weighted by atomic mass is 9.83. The van der Waals surface area contributed by atoms with E-state index in [0.717, 1.165) is 11.1 Å². The Morgan fingerprint density at radius 1 is 1.12 bits per heavy atom. The highest BCUT2D eigenvalue weighted by Gasteiger charge is 2.33. The van der Waals surface area contributed by atoms with E-state index in [9.17, 15) is 9.18 Å². The number of hydrogen-bond acceptors (Lipinski definition) is 4. The van der Waals surface area contributed by atoms with E-state index in [1.54, 1.807) is 18.2 Å². The van der Waals surface area contributed by atoms with Gasteiger partial charge in [0.2, 0.25) is 11.7 Å². The van der Waals surface area contributed by atoms with Gasteiger partial charge in [-0.2, -0.15) is 0 Å². The fourth-order valence-corrected chi connectivity index (χ4v) is 3.53. The van der Waals surface area contributed by atoms with Crippen LogP contribution in [0.1, 0.15) is 23.5 Å². The molecule has 1 aliphatic heterocycles. The molecule has 2 aromatic rings. The zero-order valence-electron chi connectivity index (χ0n) is 14.0. The lowest BCUT2D eigenvalue weighted by molar-refractivity contribution is -0.116. The van der Waals surface area contributed by atoms with Crippen molar-refractivity contribution in [3.05, 3.63) is 45.7 Å². The SMILES string of the molecule is COc1cc2c(c(OC)c1OC)[C@@H](c1ccc(F)c(Br)c1)CC(=O)N2. The van der Waals surface area contributed by atoms with Gasteiger partial charge in [0, 0.05) is 24.0 Å². The van der Waals surface area contributed by atoms with Crippen LogP contribution in [-0.2, 0) is 4.79 Å². The second-order valence-corrected chi connectivity index (χ2v) is 6.44. The van der Waals surface area contributed by atoms with Crippen molar-refractivity contribution in [2.75, 3.05) is 26.6 Å². The highest BCUT2D eigenvalue weighted by Crippen LogP contribution is 2.51. The number of halogens is 2. The number of benzene rings is 2. The molecule has 1 aliphatic rings. The van der Waals surface area contributed by atoms with Gasteiger partial charge in [-0.1, -0.05) is 6.07 Å². The monoisotopic (exact) mass is 409 g/mol. The molecule has 1 amide bonds. The fraction of sp³-hybridized carbons (Fsp3) is 0.278. The maximum absolute atomic E-state index is 13.6. The molecule has 1 N–H and O–H groups in total. The number of amides is 1. The van der Waals surface area contributed by atoms with E-state index in [0.29, 0.717) is 27.4 Å². The summed E-state index contributed by atoms with van der Waals surface area (Å²) in [4.78, 5) is 12.2. The first-order valence-electron chi connectivity index (χ1n) is 7.57. The minimum Gasteiger partial charge on any atom is -0.493 e. The Morgan fingerprint density at radius 2 is 1.84 bits per heavy atom. The van der Waals surface area contributed by atoms with Crippen molar-refractivity contribution >= 4 is 27.5 Å². The molecule has 0 aliphatic carbocycles. The predicted molar refractivity (Wildman–Crippen MR) is 95.3 cm³/mol. The summed E-state index contributed by atoms with van der Waals surface area (Å²) >= 11 is 3.20. The Kier molecular flexibility index (Phi) is 4.85. The summed E-state index contributed by atoms with van der Waals surface area (Å²) in [6.07, 6.45) is 0.219. The Morgan fingerprint density at radius 3 is 2.44 bits per heavy atom. The van der Waals surface area contributed by atoms with Crippen LogP contribution in [0.15, 0.2) is 28.7 Å². The average Bonchev–Trinajstić information content (AvgIpc) is 2.61. The van der Waals surface area contributed by atoms with Crippen LogP contribution in [0.25, 0.3) is 0 Å². The standard InChI is InChI=1S/C18H17BrFNO4/c1-23-14-8-13-16(18(25-3)17(14)24-2)10(7-15(22)21-13)9-4-5-12(20)11(19)6-9/h4-6,8,10H,7H2,1-3H3,(H,21,22)/t10-/m1/s1. The number of hydrogen-bond donors (Lipinski definition) is 1. The van der Waals surface area contributed by atoms with Crippen molar-refractivity contribution in [1.82, 2.24) is 0 Å². The summed E-state index contributed by atoms with van der Waals surface area (Å²) in [6.45, 7) is 0. The third-order valence-electron chi connectivity index (χ3n) is 4.23. The van der Waals surface area contributed by atoms with Crippen LogP contribution < -0.4 is 19.5 Å². The van der Waals surface area contributed by atoms with Crippen LogP contribution in [0.2, 0.25) is 0 Å². The van der Waals surface area contributed by atoms with Gasteiger partial charge in [-0.05, 0) is 33.6 Å². The molecule has 0 radical (unpaired) electrons. The van der Waals surface area contributed by atoms with Crippen molar-refractivity contribution < 1.29 is 23.4 Å². The molecule has 0 unspecified atom stereocenters. The van der Waals surface area contributed by atoms with Crippen molar-refractivity contribution in [3.63, 3.8) is 0 Å². The average molecular weight is 410 g/mol. The first-order chi connectivity index (χ1) is 12.0. The third kappa shape index (κ3) is 3.04. The number of fused-ring (bicyclic) bond motifs is 1. The highest BCUT2D eigenvalue weighted by atomic mass is 79.9. The number of nitrogens with one attached hydrogen (secondary N) is 1. The zero-order valence-corrected chi connectivity index (χ0v) is 15.6. The van der Waals surface area contributed by atoms with Gasteiger partial charge in [0.05, 0.1) is 31.5 Å². The van der Waals surface area contributed by atoms with Crippen molar-refractivity contribution in [3.8, 4) is 17.2 Å². The minimum absolute atomic E-state index is 0.132. The van der Waals surface area contributed by atoms with Crippen LogP contribution in [0.5, 0.6) is 17.2 Å². The van der Waals surface area contributed by atoms with Crippen LogP contribution in [0.3, 0.4) is 0 Å². The molecule has 0 fully saturated rings. The van der Waals surface area contributed by atoms with E-state index in [1.807, 2.05) is 0 Å². The summed E-state index contributed by atoms with van der Waals surface area (Å²) in [6, 6.07) is 6.43. The number of carbonyl (C=O) groups is 1. The van der Waals surface area contributed by atoms with E-state index in [2.05, 4.69) is 21.2 Å². The number of anilines is 1.